The monoisotopic (exact) mass is 371 g/mol. The molecule has 0 bridgehead atoms. The zero-order valence-corrected chi connectivity index (χ0v) is 14.7. The predicted molar refractivity (Wildman–Crippen MR) is 92.9 cm³/mol. The Kier molecular flexibility index (Phi) is 6.56. The fourth-order valence-electron chi connectivity index (χ4n) is 2.31. The summed E-state index contributed by atoms with van der Waals surface area (Å²) in [5.41, 5.74) is 1.32. The van der Waals surface area contributed by atoms with Crippen LogP contribution in [0.3, 0.4) is 0 Å². The summed E-state index contributed by atoms with van der Waals surface area (Å²) in [6, 6.07) is 10.4. The average molecular weight is 373 g/mol. The van der Waals surface area contributed by atoms with E-state index in [-0.39, 0.29) is 0 Å². The lowest BCUT2D eigenvalue weighted by Gasteiger charge is -2.17. The van der Waals surface area contributed by atoms with Crippen molar-refractivity contribution in [3.63, 3.8) is 0 Å². The second-order valence-corrected chi connectivity index (χ2v) is 7.29. The van der Waals surface area contributed by atoms with E-state index in [0.29, 0.717) is 5.92 Å². The molecule has 2 aromatic rings. The SMILES string of the molecule is CCNCC(Cc1cccc(Cl)c1)Cc1cc(Br)cs1. The quantitative estimate of drug-likeness (QED) is 0.706. The maximum absolute atomic E-state index is 6.08. The molecule has 20 heavy (non-hydrogen) atoms. The number of halogens is 2. The smallest absolute Gasteiger partial charge is 0.0408 e. The predicted octanol–water partition coefficient (Wildman–Crippen LogP) is 5.17. The Hall–Kier alpha value is -0.350. The fourth-order valence-corrected chi connectivity index (χ4v) is 4.09. The molecule has 0 amide bonds. The van der Waals surface area contributed by atoms with Crippen molar-refractivity contribution in [2.24, 2.45) is 5.92 Å². The summed E-state index contributed by atoms with van der Waals surface area (Å²) >= 11 is 11.4. The van der Waals surface area contributed by atoms with Crippen molar-refractivity contribution in [3.05, 3.63) is 55.6 Å². The van der Waals surface area contributed by atoms with Crippen LogP contribution in [0.1, 0.15) is 17.4 Å². The van der Waals surface area contributed by atoms with E-state index in [0.717, 1.165) is 31.0 Å². The Morgan fingerprint density at radius 3 is 2.80 bits per heavy atom. The van der Waals surface area contributed by atoms with Gasteiger partial charge >= 0.3 is 0 Å². The van der Waals surface area contributed by atoms with E-state index in [4.69, 9.17) is 11.6 Å². The molecule has 0 saturated heterocycles. The lowest BCUT2D eigenvalue weighted by Crippen LogP contribution is -2.25. The molecule has 1 heterocycles. The summed E-state index contributed by atoms with van der Waals surface area (Å²) in [5.74, 6) is 0.596. The van der Waals surface area contributed by atoms with Crippen LogP contribution in [-0.2, 0) is 12.8 Å². The average Bonchev–Trinajstić information content (AvgIpc) is 2.81. The van der Waals surface area contributed by atoms with Gasteiger partial charge < -0.3 is 5.32 Å². The Morgan fingerprint density at radius 1 is 1.30 bits per heavy atom. The van der Waals surface area contributed by atoms with Gasteiger partial charge in [-0.1, -0.05) is 30.7 Å². The van der Waals surface area contributed by atoms with Gasteiger partial charge in [0.1, 0.15) is 0 Å². The molecule has 0 radical (unpaired) electrons. The molecule has 1 aromatic carbocycles. The molecule has 0 fully saturated rings. The van der Waals surface area contributed by atoms with E-state index >= 15 is 0 Å². The molecule has 1 unspecified atom stereocenters. The molecular weight excluding hydrogens is 354 g/mol. The number of hydrogen-bond donors (Lipinski definition) is 1. The van der Waals surface area contributed by atoms with E-state index in [9.17, 15) is 0 Å². The molecule has 1 aromatic heterocycles. The largest absolute Gasteiger partial charge is 0.317 e. The standard InChI is InChI=1S/C16H19BrClNS/c1-2-19-10-13(8-16-9-14(17)11-20-16)6-12-4-3-5-15(18)7-12/h3-5,7,9,11,13,19H,2,6,8,10H2,1H3. The summed E-state index contributed by atoms with van der Waals surface area (Å²) in [6.45, 7) is 4.21. The van der Waals surface area contributed by atoms with Crippen molar-refractivity contribution in [2.45, 2.75) is 19.8 Å². The molecule has 1 N–H and O–H groups in total. The van der Waals surface area contributed by atoms with Crippen molar-refractivity contribution < 1.29 is 0 Å². The Bertz CT molecular complexity index is 541. The van der Waals surface area contributed by atoms with Gasteiger partial charge in [-0.25, -0.2) is 0 Å². The Balaban J connectivity index is 2.02. The lowest BCUT2D eigenvalue weighted by atomic mass is 9.95. The minimum Gasteiger partial charge on any atom is -0.317 e. The minimum atomic E-state index is 0.596. The molecular formula is C16H19BrClNS. The first-order valence-electron chi connectivity index (χ1n) is 6.85. The zero-order valence-electron chi connectivity index (χ0n) is 11.5. The molecule has 0 aliphatic rings. The lowest BCUT2D eigenvalue weighted by molar-refractivity contribution is 0.481. The zero-order chi connectivity index (χ0) is 14.4. The minimum absolute atomic E-state index is 0.596. The fraction of sp³-hybridized carbons (Fsp3) is 0.375. The maximum Gasteiger partial charge on any atom is 0.0408 e. The van der Waals surface area contributed by atoms with E-state index in [1.54, 1.807) is 0 Å². The van der Waals surface area contributed by atoms with Crippen molar-refractivity contribution in [2.75, 3.05) is 13.1 Å². The van der Waals surface area contributed by atoms with Gasteiger partial charge in [-0.2, -0.15) is 0 Å². The second-order valence-electron chi connectivity index (χ2n) is 4.94. The third kappa shape index (κ3) is 5.21. The molecule has 108 valence electrons. The topological polar surface area (TPSA) is 12.0 Å². The number of benzene rings is 1. The van der Waals surface area contributed by atoms with Crippen molar-refractivity contribution in [1.29, 1.82) is 0 Å². The van der Waals surface area contributed by atoms with Gasteiger partial charge in [0.25, 0.3) is 0 Å². The van der Waals surface area contributed by atoms with E-state index < -0.39 is 0 Å². The van der Waals surface area contributed by atoms with Crippen LogP contribution in [0.15, 0.2) is 40.2 Å². The van der Waals surface area contributed by atoms with Crippen LogP contribution in [0.5, 0.6) is 0 Å². The maximum atomic E-state index is 6.08. The van der Waals surface area contributed by atoms with E-state index in [2.05, 4.69) is 51.7 Å². The van der Waals surface area contributed by atoms with Gasteiger partial charge in [0.05, 0.1) is 0 Å². The number of hydrogen-bond acceptors (Lipinski definition) is 2. The summed E-state index contributed by atoms with van der Waals surface area (Å²) in [5, 5.41) is 6.44. The number of thiophene rings is 1. The summed E-state index contributed by atoms with van der Waals surface area (Å²) in [4.78, 5) is 1.43. The first-order valence-corrected chi connectivity index (χ1v) is 8.90. The van der Waals surface area contributed by atoms with Gasteiger partial charge in [0, 0.05) is 19.8 Å². The first-order chi connectivity index (χ1) is 9.67. The highest BCUT2D eigenvalue weighted by Gasteiger charge is 2.12. The van der Waals surface area contributed by atoms with Gasteiger partial charge in [-0.05, 0) is 71.5 Å². The molecule has 0 saturated carbocycles. The third-order valence-corrected chi connectivity index (χ3v) is 5.16. The van der Waals surface area contributed by atoms with Crippen LogP contribution in [0.2, 0.25) is 5.02 Å². The molecule has 0 aliphatic heterocycles. The van der Waals surface area contributed by atoms with Gasteiger partial charge in [-0.15, -0.1) is 11.3 Å². The Morgan fingerprint density at radius 2 is 2.15 bits per heavy atom. The first kappa shape index (κ1) is 16.0. The third-order valence-electron chi connectivity index (χ3n) is 3.21. The molecule has 1 nitrogen and oxygen atoms in total. The highest BCUT2D eigenvalue weighted by Crippen LogP contribution is 2.24. The van der Waals surface area contributed by atoms with Crippen LogP contribution in [0.25, 0.3) is 0 Å². The molecule has 0 spiro atoms. The van der Waals surface area contributed by atoms with Crippen molar-refractivity contribution >= 4 is 38.9 Å². The van der Waals surface area contributed by atoms with Crippen LogP contribution in [0, 0.1) is 5.92 Å². The molecule has 2 rings (SSSR count). The van der Waals surface area contributed by atoms with E-state index in [1.807, 2.05) is 23.5 Å². The number of rotatable bonds is 7. The van der Waals surface area contributed by atoms with Crippen LogP contribution < -0.4 is 5.32 Å². The van der Waals surface area contributed by atoms with Crippen molar-refractivity contribution in [1.82, 2.24) is 5.32 Å². The highest BCUT2D eigenvalue weighted by atomic mass is 79.9. The summed E-state index contributed by atoms with van der Waals surface area (Å²) in [7, 11) is 0. The number of nitrogens with one attached hydrogen (secondary N) is 1. The Labute approximate surface area is 138 Å². The summed E-state index contributed by atoms with van der Waals surface area (Å²) < 4.78 is 1.18. The van der Waals surface area contributed by atoms with Crippen LogP contribution in [0.4, 0.5) is 0 Å². The van der Waals surface area contributed by atoms with Crippen LogP contribution in [-0.4, -0.2) is 13.1 Å². The van der Waals surface area contributed by atoms with Gasteiger partial charge in [0.2, 0.25) is 0 Å². The molecule has 1 atom stereocenters. The van der Waals surface area contributed by atoms with Crippen molar-refractivity contribution in [3.8, 4) is 0 Å². The normalized spacial score (nSPS) is 12.6. The molecule has 4 heteroatoms. The van der Waals surface area contributed by atoms with Gasteiger partial charge in [-0.3, -0.25) is 0 Å². The second kappa shape index (κ2) is 8.18. The highest BCUT2D eigenvalue weighted by molar-refractivity contribution is 9.10. The van der Waals surface area contributed by atoms with Gasteiger partial charge in [0.15, 0.2) is 0 Å². The van der Waals surface area contributed by atoms with E-state index in [1.165, 1.54) is 14.9 Å². The van der Waals surface area contributed by atoms with Crippen LogP contribution >= 0.6 is 38.9 Å². The summed E-state index contributed by atoms with van der Waals surface area (Å²) in [6.07, 6.45) is 2.17. The molecule has 0 aliphatic carbocycles.